The molecule has 4 rings (SSSR count). The molecule has 0 saturated heterocycles. The van der Waals surface area contributed by atoms with Gasteiger partial charge in [0.15, 0.2) is 0 Å². The first-order valence-electron chi connectivity index (χ1n) is 10.5. The number of benzene rings is 1. The molecule has 0 aliphatic carbocycles. The Morgan fingerprint density at radius 1 is 1.15 bits per heavy atom. The molecular weight excluding hydrogens is 435 g/mol. The van der Waals surface area contributed by atoms with Crippen LogP contribution in [-0.2, 0) is 24.1 Å². The molecule has 0 spiro atoms. The maximum absolute atomic E-state index is 13.3. The molecule has 1 aliphatic heterocycles. The number of nitrogen functional groups attached to an aromatic ring is 1. The molecular formula is C22H26F3N7O. The van der Waals surface area contributed by atoms with Gasteiger partial charge in [0, 0.05) is 16.7 Å². The molecule has 1 aliphatic rings. The van der Waals surface area contributed by atoms with Crippen molar-refractivity contribution in [3.8, 4) is 0 Å². The molecule has 0 radical (unpaired) electrons. The van der Waals surface area contributed by atoms with Crippen LogP contribution >= 0.6 is 0 Å². The van der Waals surface area contributed by atoms with E-state index >= 15 is 0 Å². The zero-order chi connectivity index (χ0) is 24.3. The fraction of sp³-hybridized carbons (Fsp3) is 0.455. The Morgan fingerprint density at radius 2 is 1.85 bits per heavy atom. The van der Waals surface area contributed by atoms with Crippen molar-refractivity contribution in [2.45, 2.75) is 59.9 Å². The summed E-state index contributed by atoms with van der Waals surface area (Å²) >= 11 is 0. The van der Waals surface area contributed by atoms with E-state index in [-0.39, 0.29) is 11.6 Å². The number of halogens is 3. The van der Waals surface area contributed by atoms with E-state index in [2.05, 4.69) is 20.5 Å². The lowest BCUT2D eigenvalue weighted by atomic mass is 9.95. The van der Waals surface area contributed by atoms with Crippen molar-refractivity contribution in [1.82, 2.24) is 24.5 Å². The van der Waals surface area contributed by atoms with E-state index in [0.717, 1.165) is 23.4 Å². The molecule has 176 valence electrons. The molecule has 3 aromatic rings. The van der Waals surface area contributed by atoms with Gasteiger partial charge >= 0.3 is 6.18 Å². The Morgan fingerprint density at radius 3 is 2.48 bits per heavy atom. The van der Waals surface area contributed by atoms with E-state index in [4.69, 9.17) is 5.73 Å². The van der Waals surface area contributed by atoms with E-state index in [0.29, 0.717) is 36.1 Å². The van der Waals surface area contributed by atoms with Gasteiger partial charge in [-0.1, -0.05) is 20.8 Å². The number of carbonyl (C=O) groups excluding carboxylic acids is 1. The van der Waals surface area contributed by atoms with E-state index in [1.54, 1.807) is 18.7 Å². The summed E-state index contributed by atoms with van der Waals surface area (Å²) < 4.78 is 41.6. The van der Waals surface area contributed by atoms with Gasteiger partial charge in [0.1, 0.15) is 11.6 Å². The van der Waals surface area contributed by atoms with E-state index in [9.17, 15) is 18.0 Å². The minimum absolute atomic E-state index is 0.0118. The van der Waals surface area contributed by atoms with Gasteiger partial charge in [-0.15, -0.1) is 10.2 Å². The first kappa shape index (κ1) is 22.8. The number of aryl methyl sites for hydroxylation is 1. The minimum Gasteiger partial charge on any atom is -0.399 e. The Labute approximate surface area is 189 Å². The number of amides is 1. The lowest BCUT2D eigenvalue weighted by molar-refractivity contribution is -0.140. The largest absolute Gasteiger partial charge is 0.416 e. The number of fused-ring (bicyclic) bond motifs is 3. The number of alkyl halides is 3. The highest BCUT2D eigenvalue weighted by atomic mass is 19.4. The van der Waals surface area contributed by atoms with Gasteiger partial charge in [-0.25, -0.2) is 0 Å². The van der Waals surface area contributed by atoms with Gasteiger partial charge in [-0.3, -0.25) is 9.20 Å². The topological polar surface area (TPSA) is 101 Å². The molecule has 0 saturated carbocycles. The van der Waals surface area contributed by atoms with Gasteiger partial charge in [-0.2, -0.15) is 18.2 Å². The third-order valence-corrected chi connectivity index (χ3v) is 5.70. The molecule has 2 aromatic heterocycles. The number of anilines is 2. The fourth-order valence-electron chi connectivity index (χ4n) is 4.05. The average Bonchev–Trinajstić information content (AvgIpc) is 3.29. The standard InChI is InChI=1S/C22H26F3N7O/c1-11(13-6-14(22(23,24)25)8-15(26)7-13)27-18-16-9-31(19(33)21(3,4)5)10-17(16)32-12(2)29-30-20(32)28-18/h6-8,11H,9-10,26H2,1-5H3,(H,27,28,30)/t11-/m1/s1. The summed E-state index contributed by atoms with van der Waals surface area (Å²) in [7, 11) is 0. The van der Waals surface area contributed by atoms with E-state index in [1.807, 2.05) is 25.2 Å². The number of aromatic nitrogens is 4. The number of carbonyl (C=O) groups is 1. The number of nitrogens with one attached hydrogen (secondary N) is 1. The predicted molar refractivity (Wildman–Crippen MR) is 117 cm³/mol. The van der Waals surface area contributed by atoms with Crippen LogP contribution in [0.5, 0.6) is 0 Å². The summed E-state index contributed by atoms with van der Waals surface area (Å²) in [6, 6.07) is 2.95. The molecule has 1 aromatic carbocycles. The van der Waals surface area contributed by atoms with Crippen molar-refractivity contribution in [1.29, 1.82) is 0 Å². The zero-order valence-electron chi connectivity index (χ0n) is 19.1. The van der Waals surface area contributed by atoms with Crippen LogP contribution in [0.4, 0.5) is 24.7 Å². The average molecular weight is 461 g/mol. The van der Waals surface area contributed by atoms with Crippen LogP contribution in [0.1, 0.15) is 61.9 Å². The maximum Gasteiger partial charge on any atom is 0.416 e. The second-order valence-corrected chi connectivity index (χ2v) is 9.43. The van der Waals surface area contributed by atoms with Crippen molar-refractivity contribution in [3.05, 3.63) is 46.4 Å². The molecule has 0 unspecified atom stereocenters. The van der Waals surface area contributed by atoms with Crippen LogP contribution in [0.2, 0.25) is 0 Å². The Hall–Kier alpha value is -3.37. The van der Waals surface area contributed by atoms with Crippen molar-refractivity contribution >= 4 is 23.2 Å². The van der Waals surface area contributed by atoms with Gasteiger partial charge in [0.25, 0.3) is 5.78 Å². The van der Waals surface area contributed by atoms with E-state index < -0.39 is 23.2 Å². The molecule has 0 bridgehead atoms. The number of nitrogens with two attached hydrogens (primary N) is 1. The summed E-state index contributed by atoms with van der Waals surface area (Å²) in [5, 5.41) is 11.4. The second-order valence-electron chi connectivity index (χ2n) is 9.43. The van der Waals surface area contributed by atoms with Crippen molar-refractivity contribution in [2.24, 2.45) is 5.41 Å². The fourth-order valence-corrected chi connectivity index (χ4v) is 4.05. The van der Waals surface area contributed by atoms with E-state index in [1.165, 1.54) is 6.07 Å². The zero-order valence-corrected chi connectivity index (χ0v) is 19.1. The van der Waals surface area contributed by atoms with Gasteiger partial charge < -0.3 is 16.0 Å². The quantitative estimate of drug-likeness (QED) is 0.570. The maximum atomic E-state index is 13.3. The van der Waals surface area contributed by atoms with Crippen molar-refractivity contribution < 1.29 is 18.0 Å². The predicted octanol–water partition coefficient (Wildman–Crippen LogP) is 4.10. The Balaban J connectivity index is 1.74. The number of rotatable bonds is 3. The lowest BCUT2D eigenvalue weighted by Crippen LogP contribution is -2.35. The van der Waals surface area contributed by atoms with Crippen LogP contribution in [0.15, 0.2) is 18.2 Å². The summed E-state index contributed by atoms with van der Waals surface area (Å²) in [5.74, 6) is 1.44. The molecule has 8 nitrogen and oxygen atoms in total. The normalized spacial score (nSPS) is 15.1. The summed E-state index contributed by atoms with van der Waals surface area (Å²) in [4.78, 5) is 19.3. The number of nitrogens with zero attached hydrogens (tertiary/aromatic N) is 5. The molecule has 3 heterocycles. The highest BCUT2D eigenvalue weighted by Crippen LogP contribution is 2.36. The van der Waals surface area contributed by atoms with Crippen molar-refractivity contribution in [2.75, 3.05) is 11.1 Å². The lowest BCUT2D eigenvalue weighted by Gasteiger charge is -2.25. The molecule has 1 atom stereocenters. The molecule has 0 fully saturated rings. The van der Waals surface area contributed by atoms with Gasteiger partial charge in [-0.05, 0) is 37.6 Å². The van der Waals surface area contributed by atoms with Crippen LogP contribution in [0.25, 0.3) is 5.78 Å². The molecule has 33 heavy (non-hydrogen) atoms. The smallest absolute Gasteiger partial charge is 0.399 e. The SMILES string of the molecule is Cc1nnc2nc(N[C@H](C)c3cc(N)cc(C(F)(F)F)c3)c3c(n12)CN(C(=O)C(C)(C)C)C3. The van der Waals surface area contributed by atoms with Crippen molar-refractivity contribution in [3.63, 3.8) is 0 Å². The molecule has 11 heteroatoms. The Bertz CT molecular complexity index is 1240. The van der Waals surface area contributed by atoms with Gasteiger partial charge in [0.05, 0.1) is 30.4 Å². The first-order chi connectivity index (χ1) is 15.3. The van der Waals surface area contributed by atoms with Crippen LogP contribution < -0.4 is 11.1 Å². The monoisotopic (exact) mass is 461 g/mol. The molecule has 3 N–H and O–H groups in total. The number of hydrogen-bond acceptors (Lipinski definition) is 6. The number of hydrogen-bond donors (Lipinski definition) is 2. The third-order valence-electron chi connectivity index (χ3n) is 5.70. The summed E-state index contributed by atoms with van der Waals surface area (Å²) in [5.41, 5.74) is 6.38. The van der Waals surface area contributed by atoms with Crippen LogP contribution in [0, 0.1) is 12.3 Å². The highest BCUT2D eigenvalue weighted by Gasteiger charge is 2.35. The first-order valence-corrected chi connectivity index (χ1v) is 10.5. The highest BCUT2D eigenvalue weighted by molar-refractivity contribution is 5.82. The summed E-state index contributed by atoms with van der Waals surface area (Å²) in [6.07, 6.45) is -4.50. The van der Waals surface area contributed by atoms with Gasteiger partial charge in [0.2, 0.25) is 5.91 Å². The summed E-state index contributed by atoms with van der Waals surface area (Å²) in [6.45, 7) is 9.79. The van der Waals surface area contributed by atoms with Crippen LogP contribution in [-0.4, -0.2) is 30.4 Å². The van der Waals surface area contributed by atoms with Crippen LogP contribution in [0.3, 0.4) is 0 Å². The Kier molecular flexibility index (Phi) is 5.25. The third kappa shape index (κ3) is 4.19. The minimum atomic E-state index is -4.50. The second kappa shape index (κ2) is 7.60. The molecule has 1 amide bonds.